The van der Waals surface area contributed by atoms with Crippen LogP contribution in [0.5, 0.6) is 0 Å². The lowest BCUT2D eigenvalue weighted by molar-refractivity contribution is 0.0663. The van der Waals surface area contributed by atoms with Crippen LogP contribution in [0.15, 0.2) is 16.5 Å². The van der Waals surface area contributed by atoms with Gasteiger partial charge in [-0.25, -0.2) is 4.79 Å². The van der Waals surface area contributed by atoms with Gasteiger partial charge in [-0.15, -0.1) is 0 Å². The third-order valence-electron chi connectivity index (χ3n) is 2.09. The molecule has 1 atom stereocenters. The maximum atomic E-state index is 10.5. The Morgan fingerprint density at radius 2 is 2.50 bits per heavy atom. The highest BCUT2D eigenvalue weighted by molar-refractivity contribution is 7.99. The average Bonchev–Trinajstić information content (AvgIpc) is 2.75. The molecule has 1 saturated heterocycles. The fraction of sp³-hybridized carbons (Fsp3) is 0.444. The van der Waals surface area contributed by atoms with E-state index in [1.165, 1.54) is 6.07 Å². The van der Waals surface area contributed by atoms with Gasteiger partial charge in [0.2, 0.25) is 5.76 Å². The predicted octanol–water partition coefficient (Wildman–Crippen LogP) is 1.90. The molecule has 1 aromatic heterocycles. The largest absolute Gasteiger partial charge is 0.475 e. The topological polar surface area (TPSA) is 62.5 Å². The summed E-state index contributed by atoms with van der Waals surface area (Å²) in [7, 11) is 0. The first-order valence-electron chi connectivity index (χ1n) is 4.43. The van der Waals surface area contributed by atoms with Crippen LogP contribution in [0, 0.1) is 0 Å². The fourth-order valence-corrected chi connectivity index (χ4v) is 2.53. The van der Waals surface area contributed by atoms with E-state index in [0.717, 1.165) is 17.9 Å². The van der Waals surface area contributed by atoms with E-state index >= 15 is 0 Å². The first kappa shape index (κ1) is 9.45. The van der Waals surface area contributed by atoms with Crippen LogP contribution in [0.2, 0.25) is 0 Å². The monoisotopic (exact) mass is 213 g/mol. The zero-order chi connectivity index (χ0) is 9.97. The molecule has 2 heterocycles. The number of carboxylic acids is 1. The molecule has 0 bridgehead atoms. The molecule has 1 aromatic rings. The molecule has 14 heavy (non-hydrogen) atoms. The number of hydrogen-bond donors (Lipinski definition) is 2. The van der Waals surface area contributed by atoms with E-state index in [1.807, 2.05) is 11.8 Å². The fourth-order valence-electron chi connectivity index (χ4n) is 1.38. The minimum absolute atomic E-state index is 0.0156. The van der Waals surface area contributed by atoms with Crippen molar-refractivity contribution < 1.29 is 14.3 Å². The molecular formula is C9H11NO3S. The highest BCUT2D eigenvalue weighted by Crippen LogP contribution is 2.22. The Balaban J connectivity index is 1.98. The van der Waals surface area contributed by atoms with Gasteiger partial charge in [-0.1, -0.05) is 0 Å². The van der Waals surface area contributed by atoms with Crippen molar-refractivity contribution in [3.8, 4) is 0 Å². The van der Waals surface area contributed by atoms with Gasteiger partial charge < -0.3 is 14.8 Å². The summed E-state index contributed by atoms with van der Waals surface area (Å²) >= 11 is 1.89. The summed E-state index contributed by atoms with van der Waals surface area (Å²) in [5, 5.41) is 11.8. The second-order valence-electron chi connectivity index (χ2n) is 3.17. The van der Waals surface area contributed by atoms with E-state index in [1.54, 1.807) is 6.07 Å². The van der Waals surface area contributed by atoms with Gasteiger partial charge >= 0.3 is 5.97 Å². The van der Waals surface area contributed by atoms with E-state index in [0.29, 0.717) is 11.9 Å². The van der Waals surface area contributed by atoms with Crippen molar-refractivity contribution in [1.82, 2.24) is 0 Å². The average molecular weight is 213 g/mol. The molecule has 76 valence electrons. The third kappa shape index (κ3) is 2.04. The van der Waals surface area contributed by atoms with Crippen LogP contribution < -0.4 is 5.32 Å². The maximum absolute atomic E-state index is 10.5. The number of furan rings is 1. The van der Waals surface area contributed by atoms with Crippen molar-refractivity contribution in [2.75, 3.05) is 16.8 Å². The quantitative estimate of drug-likeness (QED) is 0.802. The van der Waals surface area contributed by atoms with Crippen LogP contribution in [0.1, 0.15) is 17.0 Å². The number of thioether (sulfide) groups is 1. The normalized spacial score (nSPS) is 21.0. The first-order valence-corrected chi connectivity index (χ1v) is 5.58. The van der Waals surface area contributed by atoms with Crippen molar-refractivity contribution in [3.05, 3.63) is 17.9 Å². The van der Waals surface area contributed by atoms with Crippen molar-refractivity contribution in [2.24, 2.45) is 0 Å². The van der Waals surface area contributed by atoms with Gasteiger partial charge in [0, 0.05) is 17.9 Å². The van der Waals surface area contributed by atoms with Crippen LogP contribution in [-0.2, 0) is 0 Å². The van der Waals surface area contributed by atoms with Crippen LogP contribution in [0.25, 0.3) is 0 Å². The summed E-state index contributed by atoms with van der Waals surface area (Å²) in [5.41, 5.74) is 0. The molecule has 0 aliphatic carbocycles. The van der Waals surface area contributed by atoms with Gasteiger partial charge in [0.05, 0.1) is 0 Å². The van der Waals surface area contributed by atoms with Crippen molar-refractivity contribution in [1.29, 1.82) is 0 Å². The summed E-state index contributed by atoms with van der Waals surface area (Å²) in [6.07, 6.45) is 1.10. The van der Waals surface area contributed by atoms with Gasteiger partial charge in [-0.2, -0.15) is 11.8 Å². The smallest absolute Gasteiger partial charge is 0.371 e. The molecule has 0 spiro atoms. The lowest BCUT2D eigenvalue weighted by Crippen LogP contribution is -2.17. The van der Waals surface area contributed by atoms with E-state index in [4.69, 9.17) is 9.52 Å². The number of carboxylic acid groups (broad SMARTS) is 1. The summed E-state index contributed by atoms with van der Waals surface area (Å²) in [4.78, 5) is 10.5. The van der Waals surface area contributed by atoms with Crippen molar-refractivity contribution in [2.45, 2.75) is 12.5 Å². The Labute approximate surface area is 85.7 Å². The Kier molecular flexibility index (Phi) is 2.67. The number of rotatable bonds is 3. The highest BCUT2D eigenvalue weighted by atomic mass is 32.2. The van der Waals surface area contributed by atoms with Gasteiger partial charge in [-0.3, -0.25) is 0 Å². The second kappa shape index (κ2) is 3.96. The SMILES string of the molecule is O=C(O)c1ccc(NC2CCSC2)o1. The second-order valence-corrected chi connectivity index (χ2v) is 4.32. The van der Waals surface area contributed by atoms with Crippen molar-refractivity contribution >= 4 is 23.6 Å². The zero-order valence-corrected chi connectivity index (χ0v) is 8.34. The standard InChI is InChI=1S/C9H11NO3S/c11-9(12)7-1-2-8(13-7)10-6-3-4-14-5-6/h1-2,6,10H,3-5H2,(H,11,12). The molecule has 0 amide bonds. The lowest BCUT2D eigenvalue weighted by Gasteiger charge is -2.08. The molecule has 1 aliphatic rings. The zero-order valence-electron chi connectivity index (χ0n) is 7.53. The van der Waals surface area contributed by atoms with Crippen molar-refractivity contribution in [3.63, 3.8) is 0 Å². The Bertz CT molecular complexity index is 331. The molecule has 0 aromatic carbocycles. The summed E-state index contributed by atoms with van der Waals surface area (Å²) < 4.78 is 5.09. The predicted molar refractivity (Wildman–Crippen MR) is 55.0 cm³/mol. The minimum atomic E-state index is -1.03. The van der Waals surface area contributed by atoms with Gasteiger partial charge in [0.15, 0.2) is 5.88 Å². The lowest BCUT2D eigenvalue weighted by atomic mass is 10.3. The molecule has 1 fully saturated rings. The van der Waals surface area contributed by atoms with Crippen LogP contribution in [0.3, 0.4) is 0 Å². The number of hydrogen-bond acceptors (Lipinski definition) is 4. The molecule has 1 unspecified atom stereocenters. The van der Waals surface area contributed by atoms with Crippen LogP contribution >= 0.6 is 11.8 Å². The molecule has 1 aliphatic heterocycles. The molecule has 2 N–H and O–H groups in total. The number of anilines is 1. The van der Waals surface area contributed by atoms with E-state index in [2.05, 4.69) is 5.32 Å². The number of aromatic carboxylic acids is 1. The van der Waals surface area contributed by atoms with E-state index < -0.39 is 5.97 Å². The molecule has 0 saturated carbocycles. The maximum Gasteiger partial charge on any atom is 0.371 e. The molecule has 2 rings (SSSR count). The highest BCUT2D eigenvalue weighted by Gasteiger charge is 2.17. The number of carbonyl (C=O) groups is 1. The summed E-state index contributed by atoms with van der Waals surface area (Å²) in [5.74, 6) is 1.72. The Hall–Kier alpha value is -1.10. The molecule has 5 heteroatoms. The van der Waals surface area contributed by atoms with E-state index in [9.17, 15) is 4.79 Å². The summed E-state index contributed by atoms with van der Waals surface area (Å²) in [6, 6.07) is 3.53. The Morgan fingerprint density at radius 1 is 1.64 bits per heavy atom. The van der Waals surface area contributed by atoms with Crippen LogP contribution in [-0.4, -0.2) is 28.6 Å². The summed E-state index contributed by atoms with van der Waals surface area (Å²) in [6.45, 7) is 0. The van der Waals surface area contributed by atoms with Crippen LogP contribution in [0.4, 0.5) is 5.88 Å². The molecule has 4 nitrogen and oxygen atoms in total. The third-order valence-corrected chi connectivity index (χ3v) is 3.26. The van der Waals surface area contributed by atoms with Gasteiger partial charge in [0.25, 0.3) is 0 Å². The molecule has 0 radical (unpaired) electrons. The van der Waals surface area contributed by atoms with Gasteiger partial charge in [-0.05, 0) is 18.2 Å². The Morgan fingerprint density at radius 3 is 3.07 bits per heavy atom. The number of nitrogens with one attached hydrogen (secondary N) is 1. The first-order chi connectivity index (χ1) is 6.75. The molecular weight excluding hydrogens is 202 g/mol. The van der Waals surface area contributed by atoms with E-state index in [-0.39, 0.29) is 5.76 Å². The van der Waals surface area contributed by atoms with Gasteiger partial charge in [0.1, 0.15) is 0 Å². The minimum Gasteiger partial charge on any atom is -0.475 e.